The van der Waals surface area contributed by atoms with Crippen molar-refractivity contribution in [2.45, 2.75) is 26.8 Å². The second kappa shape index (κ2) is 5.47. The Morgan fingerprint density at radius 2 is 2.00 bits per heavy atom. The summed E-state index contributed by atoms with van der Waals surface area (Å²) >= 11 is 5.55. The largest absolute Gasteiger partial charge is 0.331 e. The number of aromatic nitrogens is 2. The van der Waals surface area contributed by atoms with Gasteiger partial charge in [0.15, 0.2) is 4.77 Å². The van der Waals surface area contributed by atoms with E-state index in [9.17, 15) is 0 Å². The fourth-order valence-electron chi connectivity index (χ4n) is 2.64. The lowest BCUT2D eigenvalue weighted by atomic mass is 10.0. The summed E-state index contributed by atoms with van der Waals surface area (Å²) < 4.78 is 3.12. The molecule has 1 aromatic heterocycles. The number of H-pyrrole nitrogens is 1. The lowest BCUT2D eigenvalue weighted by molar-refractivity contribution is 0.272. The first-order valence-electron chi connectivity index (χ1n) is 6.76. The van der Waals surface area contributed by atoms with E-state index in [-0.39, 0.29) is 0 Å². The molecule has 0 fully saturated rings. The molecule has 3 nitrogen and oxygen atoms in total. The van der Waals surface area contributed by atoms with E-state index < -0.39 is 0 Å². The molecule has 0 saturated carbocycles. The molecule has 2 aromatic rings. The number of aromatic amines is 1. The van der Waals surface area contributed by atoms with Crippen LogP contribution in [0.25, 0.3) is 11.0 Å². The normalized spacial score (nSPS) is 13.6. The standard InChI is InChI=1S/C15H23N3S/c1-10(2)13(9-17(4)5)18-14-11(3)7-6-8-12(14)16-15(18)19/h6-8,10,13H,9H2,1-5H3,(H,16,19). The summed E-state index contributed by atoms with van der Waals surface area (Å²) in [6, 6.07) is 6.71. The van der Waals surface area contributed by atoms with Crippen molar-refractivity contribution in [1.82, 2.24) is 14.5 Å². The quantitative estimate of drug-likeness (QED) is 0.860. The van der Waals surface area contributed by atoms with E-state index in [2.05, 4.69) is 67.5 Å². The summed E-state index contributed by atoms with van der Waals surface area (Å²) in [5, 5.41) is 0. The van der Waals surface area contributed by atoms with Gasteiger partial charge >= 0.3 is 0 Å². The van der Waals surface area contributed by atoms with Gasteiger partial charge in [-0.1, -0.05) is 26.0 Å². The van der Waals surface area contributed by atoms with Crippen LogP contribution in [-0.4, -0.2) is 35.1 Å². The molecule has 0 radical (unpaired) electrons. The van der Waals surface area contributed by atoms with Gasteiger partial charge in [-0.3, -0.25) is 0 Å². The van der Waals surface area contributed by atoms with E-state index in [4.69, 9.17) is 12.2 Å². The van der Waals surface area contributed by atoms with Crippen LogP contribution in [0.3, 0.4) is 0 Å². The molecule has 0 aliphatic carbocycles. The fraction of sp³-hybridized carbons (Fsp3) is 0.533. The van der Waals surface area contributed by atoms with Gasteiger partial charge in [0.2, 0.25) is 0 Å². The molecule has 0 amide bonds. The minimum atomic E-state index is 0.386. The molecule has 0 saturated heterocycles. The summed E-state index contributed by atoms with van der Waals surface area (Å²) in [5.74, 6) is 0.535. The van der Waals surface area contributed by atoms with E-state index in [1.165, 1.54) is 11.1 Å². The minimum absolute atomic E-state index is 0.386. The van der Waals surface area contributed by atoms with E-state index in [1.54, 1.807) is 0 Å². The van der Waals surface area contributed by atoms with Gasteiger partial charge in [0.05, 0.1) is 17.1 Å². The van der Waals surface area contributed by atoms with Gasteiger partial charge in [-0.05, 0) is 50.8 Å². The van der Waals surface area contributed by atoms with Crippen molar-refractivity contribution in [1.29, 1.82) is 0 Å². The molecule has 1 aromatic carbocycles. The molecule has 19 heavy (non-hydrogen) atoms. The molecular formula is C15H23N3S. The van der Waals surface area contributed by atoms with Crippen LogP contribution in [-0.2, 0) is 0 Å². The van der Waals surface area contributed by atoms with Crippen LogP contribution in [0.1, 0.15) is 25.5 Å². The maximum absolute atomic E-state index is 5.55. The van der Waals surface area contributed by atoms with Crippen LogP contribution in [0.2, 0.25) is 0 Å². The zero-order valence-corrected chi connectivity index (χ0v) is 13.2. The molecule has 1 heterocycles. The summed E-state index contributed by atoms with van der Waals surface area (Å²) in [6.45, 7) is 7.65. The van der Waals surface area contributed by atoms with Crippen molar-refractivity contribution >= 4 is 23.3 Å². The van der Waals surface area contributed by atoms with E-state index >= 15 is 0 Å². The fourth-order valence-corrected chi connectivity index (χ4v) is 2.97. The average Bonchev–Trinajstić information content (AvgIpc) is 2.63. The Labute approximate surface area is 120 Å². The summed E-state index contributed by atoms with van der Waals surface area (Å²) in [7, 11) is 4.22. The number of aryl methyl sites for hydroxylation is 1. The number of para-hydroxylation sites is 1. The molecule has 1 atom stereocenters. The predicted molar refractivity (Wildman–Crippen MR) is 84.3 cm³/mol. The lowest BCUT2D eigenvalue weighted by Crippen LogP contribution is -2.28. The average molecular weight is 277 g/mol. The van der Waals surface area contributed by atoms with Gasteiger partial charge in [-0.15, -0.1) is 0 Å². The summed E-state index contributed by atoms with van der Waals surface area (Å²) in [4.78, 5) is 5.56. The van der Waals surface area contributed by atoms with Gasteiger partial charge in [-0.25, -0.2) is 0 Å². The second-order valence-electron chi connectivity index (χ2n) is 5.84. The van der Waals surface area contributed by atoms with Crippen LogP contribution >= 0.6 is 12.2 Å². The highest BCUT2D eigenvalue weighted by molar-refractivity contribution is 7.71. The molecule has 104 valence electrons. The topological polar surface area (TPSA) is 24.0 Å². The molecule has 0 aliphatic rings. The third-order valence-corrected chi connectivity index (χ3v) is 3.89. The van der Waals surface area contributed by atoms with Crippen molar-refractivity contribution < 1.29 is 0 Å². The van der Waals surface area contributed by atoms with Gasteiger partial charge in [-0.2, -0.15) is 0 Å². The highest BCUT2D eigenvalue weighted by atomic mass is 32.1. The van der Waals surface area contributed by atoms with Gasteiger partial charge < -0.3 is 14.5 Å². The molecule has 0 spiro atoms. The number of nitrogens with zero attached hydrogens (tertiary/aromatic N) is 2. The van der Waals surface area contributed by atoms with Crippen LogP contribution in [0.15, 0.2) is 18.2 Å². The molecule has 0 bridgehead atoms. The number of nitrogens with one attached hydrogen (secondary N) is 1. The Morgan fingerprint density at radius 3 is 2.58 bits per heavy atom. The van der Waals surface area contributed by atoms with Gasteiger partial charge in [0.25, 0.3) is 0 Å². The molecule has 4 heteroatoms. The van der Waals surface area contributed by atoms with Crippen molar-refractivity contribution in [3.05, 3.63) is 28.5 Å². The Balaban J connectivity index is 2.65. The summed E-state index contributed by atoms with van der Waals surface area (Å²) in [6.07, 6.45) is 0. The Hall–Kier alpha value is -1.13. The van der Waals surface area contributed by atoms with Crippen molar-refractivity contribution in [2.75, 3.05) is 20.6 Å². The van der Waals surface area contributed by atoms with Crippen LogP contribution in [0.4, 0.5) is 0 Å². The van der Waals surface area contributed by atoms with Crippen LogP contribution in [0, 0.1) is 17.6 Å². The van der Waals surface area contributed by atoms with Gasteiger partial charge in [0.1, 0.15) is 0 Å². The predicted octanol–water partition coefficient (Wildman–Crippen LogP) is 3.77. The van der Waals surface area contributed by atoms with Crippen LogP contribution < -0.4 is 0 Å². The first kappa shape index (κ1) is 14.3. The maximum Gasteiger partial charge on any atom is 0.178 e. The van der Waals surface area contributed by atoms with Gasteiger partial charge in [0, 0.05) is 6.54 Å². The second-order valence-corrected chi connectivity index (χ2v) is 6.23. The first-order valence-corrected chi connectivity index (χ1v) is 7.17. The zero-order valence-electron chi connectivity index (χ0n) is 12.4. The highest BCUT2D eigenvalue weighted by Crippen LogP contribution is 2.27. The monoisotopic (exact) mass is 277 g/mol. The number of hydrogen-bond donors (Lipinski definition) is 1. The number of rotatable bonds is 4. The molecule has 1 N–H and O–H groups in total. The van der Waals surface area contributed by atoms with E-state index in [0.717, 1.165) is 16.8 Å². The Morgan fingerprint density at radius 1 is 1.32 bits per heavy atom. The van der Waals surface area contributed by atoms with Crippen molar-refractivity contribution in [3.8, 4) is 0 Å². The highest BCUT2D eigenvalue weighted by Gasteiger charge is 2.20. The number of benzene rings is 1. The molecule has 0 aliphatic heterocycles. The SMILES string of the molecule is Cc1cccc2[nH]c(=S)n(C(CN(C)C)C(C)C)c12. The Kier molecular flexibility index (Phi) is 4.11. The lowest BCUT2D eigenvalue weighted by Gasteiger charge is -2.27. The maximum atomic E-state index is 5.55. The number of imidazole rings is 1. The third-order valence-electron chi connectivity index (χ3n) is 3.59. The summed E-state index contributed by atoms with van der Waals surface area (Å²) in [5.41, 5.74) is 3.65. The van der Waals surface area contributed by atoms with E-state index in [0.29, 0.717) is 12.0 Å². The molecule has 2 rings (SSSR count). The number of hydrogen-bond acceptors (Lipinski definition) is 2. The third kappa shape index (κ3) is 2.74. The smallest absolute Gasteiger partial charge is 0.178 e. The number of fused-ring (bicyclic) bond motifs is 1. The number of likely N-dealkylation sites (N-methyl/N-ethyl adjacent to an activating group) is 1. The van der Waals surface area contributed by atoms with Crippen molar-refractivity contribution in [2.24, 2.45) is 5.92 Å². The molecular weight excluding hydrogens is 254 g/mol. The van der Waals surface area contributed by atoms with Crippen LogP contribution in [0.5, 0.6) is 0 Å². The first-order chi connectivity index (χ1) is 8.91. The zero-order chi connectivity index (χ0) is 14.2. The molecule has 1 unspecified atom stereocenters. The van der Waals surface area contributed by atoms with E-state index in [1.807, 2.05) is 0 Å². The minimum Gasteiger partial charge on any atom is -0.331 e. The van der Waals surface area contributed by atoms with Crippen molar-refractivity contribution in [3.63, 3.8) is 0 Å². The Bertz CT molecular complexity index is 622.